The number of methoxy groups -OCH3 is 1. The molecule has 2 aliphatic carbocycles. The molecule has 7 unspecified atom stereocenters. The minimum Gasteiger partial charge on any atom is -0.389 e. The molecule has 8 atom stereocenters. The second kappa shape index (κ2) is 12.5. The summed E-state index contributed by atoms with van der Waals surface area (Å²) < 4.78 is 42.2. The molecule has 9 nitrogen and oxygen atoms in total. The quantitative estimate of drug-likeness (QED) is 0.242. The third kappa shape index (κ3) is 6.48. The van der Waals surface area contributed by atoms with Gasteiger partial charge in [0, 0.05) is 31.0 Å². The predicted molar refractivity (Wildman–Crippen MR) is 150 cm³/mol. The fraction of sp³-hybridized carbons (Fsp3) is 0.935. The Hall–Kier alpha value is -0.620. The molecule has 9 heteroatoms. The van der Waals surface area contributed by atoms with Gasteiger partial charge >= 0.3 is 0 Å². The van der Waals surface area contributed by atoms with Gasteiger partial charge in [0.2, 0.25) is 0 Å². The fourth-order valence-electron chi connectivity index (χ4n) is 7.83. The van der Waals surface area contributed by atoms with Crippen LogP contribution >= 0.6 is 0 Å². The van der Waals surface area contributed by atoms with Crippen LogP contribution in [0.1, 0.15) is 80.6 Å². The number of rotatable bonds is 9. The Labute approximate surface area is 240 Å². The van der Waals surface area contributed by atoms with Crippen molar-refractivity contribution in [1.82, 2.24) is 0 Å². The first-order chi connectivity index (χ1) is 18.8. The van der Waals surface area contributed by atoms with Crippen molar-refractivity contribution in [3.05, 3.63) is 11.1 Å². The molecule has 4 rings (SSSR count). The van der Waals surface area contributed by atoms with Gasteiger partial charge in [0.1, 0.15) is 19.0 Å². The highest BCUT2D eigenvalue weighted by Gasteiger charge is 2.57. The van der Waals surface area contributed by atoms with E-state index >= 15 is 0 Å². The monoisotopic (exact) mass is 570 g/mol. The summed E-state index contributed by atoms with van der Waals surface area (Å²) in [5.74, 6) is -0.591. The standard InChI is InChI=1S/C31H54O9/c1-9-37-22-12-21-14-31(33)11-10-20(2)27(28(31,3)4)23(32)15-35-18-30(21,7)26(13-22)38-19-36-17-25-24(16-34-8)39-29(5,6)40-25/h21-26,32-33H,9-19H2,1-8H3/t21?,22?,23?,24-,25?,26?,30?,31?/m0/s1. The van der Waals surface area contributed by atoms with Crippen LogP contribution in [0.5, 0.6) is 0 Å². The average Bonchev–Trinajstić information content (AvgIpc) is 3.15. The van der Waals surface area contributed by atoms with Crippen LogP contribution in [0.3, 0.4) is 0 Å². The van der Waals surface area contributed by atoms with E-state index < -0.39 is 28.3 Å². The summed E-state index contributed by atoms with van der Waals surface area (Å²) in [5.41, 5.74) is 0.158. The molecule has 2 N–H and O–H groups in total. The first kappa shape index (κ1) is 32.3. The summed E-state index contributed by atoms with van der Waals surface area (Å²) in [6, 6.07) is 0. The van der Waals surface area contributed by atoms with Crippen LogP contribution in [-0.2, 0) is 33.2 Å². The Morgan fingerprint density at radius 3 is 2.38 bits per heavy atom. The van der Waals surface area contributed by atoms with Gasteiger partial charge in [-0.15, -0.1) is 0 Å². The number of hydrogen-bond acceptors (Lipinski definition) is 9. The van der Waals surface area contributed by atoms with Gasteiger partial charge < -0.3 is 43.4 Å². The first-order valence-electron chi connectivity index (χ1n) is 15.1. The molecule has 4 aliphatic rings. The molecule has 0 amide bonds. The molecular formula is C31H54O9. The lowest BCUT2D eigenvalue weighted by atomic mass is 9.54. The highest BCUT2D eigenvalue weighted by Crippen LogP contribution is 2.56. The zero-order valence-corrected chi connectivity index (χ0v) is 26.0. The fourth-order valence-corrected chi connectivity index (χ4v) is 7.83. The van der Waals surface area contributed by atoms with E-state index in [1.165, 1.54) is 0 Å². The Balaban J connectivity index is 1.51. The van der Waals surface area contributed by atoms with Gasteiger partial charge in [0.05, 0.1) is 50.3 Å². The maximum absolute atomic E-state index is 12.3. The summed E-state index contributed by atoms with van der Waals surface area (Å²) in [6.07, 6.45) is 2.18. The van der Waals surface area contributed by atoms with Crippen LogP contribution in [0.2, 0.25) is 0 Å². The number of aliphatic hydroxyl groups excluding tert-OH is 1. The number of ether oxygens (including phenoxy) is 7. The summed E-state index contributed by atoms with van der Waals surface area (Å²) in [6.45, 7) is 16.3. The topological polar surface area (TPSA) is 105 Å². The molecule has 0 aromatic heterocycles. The number of aliphatic hydroxyl groups is 2. The van der Waals surface area contributed by atoms with Crippen LogP contribution in [0.25, 0.3) is 0 Å². The third-order valence-electron chi connectivity index (χ3n) is 10.2. The Bertz CT molecular complexity index is 888. The molecule has 40 heavy (non-hydrogen) atoms. The molecule has 1 saturated carbocycles. The number of hydrogen-bond donors (Lipinski definition) is 2. The minimum absolute atomic E-state index is 0.0205. The second-order valence-electron chi connectivity index (χ2n) is 13.6. The molecular weight excluding hydrogens is 516 g/mol. The van der Waals surface area contributed by atoms with E-state index in [4.69, 9.17) is 33.2 Å². The van der Waals surface area contributed by atoms with Crippen molar-refractivity contribution in [2.24, 2.45) is 16.7 Å². The Morgan fingerprint density at radius 1 is 1.00 bits per heavy atom. The lowest BCUT2D eigenvalue weighted by molar-refractivity contribution is -0.215. The zero-order chi connectivity index (χ0) is 29.3. The zero-order valence-electron chi connectivity index (χ0n) is 26.0. The second-order valence-corrected chi connectivity index (χ2v) is 13.6. The highest BCUT2D eigenvalue weighted by atomic mass is 16.8. The highest BCUT2D eigenvalue weighted by molar-refractivity contribution is 5.32. The van der Waals surface area contributed by atoms with E-state index in [-0.39, 0.29) is 43.7 Å². The van der Waals surface area contributed by atoms with E-state index in [2.05, 4.69) is 27.7 Å². The van der Waals surface area contributed by atoms with Crippen molar-refractivity contribution in [3.63, 3.8) is 0 Å². The molecule has 0 radical (unpaired) electrons. The van der Waals surface area contributed by atoms with Crippen molar-refractivity contribution in [2.75, 3.05) is 46.9 Å². The van der Waals surface area contributed by atoms with Crippen LogP contribution in [0.15, 0.2) is 11.1 Å². The number of fused-ring (bicyclic) bond motifs is 3. The van der Waals surface area contributed by atoms with Gasteiger partial charge in [-0.25, -0.2) is 0 Å². The van der Waals surface area contributed by atoms with Crippen LogP contribution in [0.4, 0.5) is 0 Å². The molecule has 3 fully saturated rings. The van der Waals surface area contributed by atoms with Gasteiger partial charge in [0.15, 0.2) is 5.79 Å². The lowest BCUT2D eigenvalue weighted by Crippen LogP contribution is -2.59. The lowest BCUT2D eigenvalue weighted by Gasteiger charge is -2.56. The van der Waals surface area contributed by atoms with Crippen LogP contribution in [0, 0.1) is 16.7 Å². The van der Waals surface area contributed by atoms with Crippen molar-refractivity contribution >= 4 is 0 Å². The molecule has 2 saturated heterocycles. The number of allylic oxidation sites excluding steroid dienone is 1. The van der Waals surface area contributed by atoms with Gasteiger partial charge in [-0.1, -0.05) is 26.3 Å². The van der Waals surface area contributed by atoms with Crippen molar-refractivity contribution in [1.29, 1.82) is 0 Å². The molecule has 2 aliphatic heterocycles. The maximum Gasteiger partial charge on any atom is 0.163 e. The van der Waals surface area contributed by atoms with Crippen LogP contribution in [-0.4, -0.2) is 99.1 Å². The summed E-state index contributed by atoms with van der Waals surface area (Å²) in [5, 5.41) is 23.5. The minimum atomic E-state index is -0.954. The predicted octanol–water partition coefficient (Wildman–Crippen LogP) is 3.98. The molecule has 2 heterocycles. The van der Waals surface area contributed by atoms with Crippen LogP contribution < -0.4 is 0 Å². The largest absolute Gasteiger partial charge is 0.389 e. The van der Waals surface area contributed by atoms with Gasteiger partial charge in [0.25, 0.3) is 0 Å². The smallest absolute Gasteiger partial charge is 0.163 e. The van der Waals surface area contributed by atoms with E-state index in [1.54, 1.807) is 7.11 Å². The molecule has 0 aromatic carbocycles. The van der Waals surface area contributed by atoms with Gasteiger partial charge in [-0.05, 0) is 64.9 Å². The van der Waals surface area contributed by atoms with Gasteiger partial charge in [-0.2, -0.15) is 0 Å². The first-order valence-corrected chi connectivity index (χ1v) is 15.1. The maximum atomic E-state index is 12.3. The van der Waals surface area contributed by atoms with Crippen molar-refractivity contribution in [3.8, 4) is 0 Å². The normalized spacial score (nSPS) is 41.5. The third-order valence-corrected chi connectivity index (χ3v) is 10.2. The molecule has 0 aromatic rings. The Morgan fingerprint density at radius 2 is 1.70 bits per heavy atom. The summed E-state index contributed by atoms with van der Waals surface area (Å²) in [7, 11) is 1.65. The molecule has 0 spiro atoms. The Kier molecular flexibility index (Phi) is 10.1. The molecule has 232 valence electrons. The van der Waals surface area contributed by atoms with E-state index in [0.29, 0.717) is 45.7 Å². The SMILES string of the molecule is CCOC1CC2CC3(O)CCC(C)=C(C(O)COCC2(C)C(OCOCC2OC(C)(C)O[C@H]2COC)C1)C3(C)C. The van der Waals surface area contributed by atoms with E-state index in [1.807, 2.05) is 20.8 Å². The summed E-state index contributed by atoms with van der Waals surface area (Å²) >= 11 is 0. The van der Waals surface area contributed by atoms with Crippen molar-refractivity contribution in [2.45, 2.75) is 122 Å². The van der Waals surface area contributed by atoms with E-state index in [9.17, 15) is 10.2 Å². The average molecular weight is 571 g/mol. The van der Waals surface area contributed by atoms with Crippen molar-refractivity contribution < 1.29 is 43.4 Å². The summed E-state index contributed by atoms with van der Waals surface area (Å²) in [4.78, 5) is 0. The molecule has 2 bridgehead atoms. The van der Waals surface area contributed by atoms with Gasteiger partial charge in [-0.3, -0.25) is 0 Å². The van der Waals surface area contributed by atoms with E-state index in [0.717, 1.165) is 24.0 Å².